The number of anilines is 1. The fraction of sp³-hybridized carbons (Fsp3) is 0.318. The molecular weight excluding hydrogens is 354 g/mol. The van der Waals surface area contributed by atoms with E-state index < -0.39 is 0 Å². The first-order valence-corrected chi connectivity index (χ1v) is 9.27. The van der Waals surface area contributed by atoms with Gasteiger partial charge in [0.15, 0.2) is 0 Å². The fourth-order valence-corrected chi connectivity index (χ4v) is 3.20. The van der Waals surface area contributed by atoms with Crippen molar-refractivity contribution in [1.29, 1.82) is 5.26 Å². The first-order valence-electron chi connectivity index (χ1n) is 9.27. The predicted molar refractivity (Wildman–Crippen MR) is 106 cm³/mol. The highest BCUT2D eigenvalue weighted by molar-refractivity contribution is 6.02. The van der Waals surface area contributed by atoms with Crippen molar-refractivity contribution in [3.05, 3.63) is 59.7 Å². The average Bonchev–Trinajstić information content (AvgIpc) is 2.69. The summed E-state index contributed by atoms with van der Waals surface area (Å²) in [5.41, 5.74) is 1.81. The zero-order valence-corrected chi connectivity index (χ0v) is 16.3. The molecule has 0 N–H and O–H groups in total. The van der Waals surface area contributed by atoms with Gasteiger partial charge in [0, 0.05) is 23.8 Å². The number of ether oxygens (including phenoxy) is 1. The summed E-state index contributed by atoms with van der Waals surface area (Å²) in [6.45, 7) is 6.24. The van der Waals surface area contributed by atoms with E-state index in [1.807, 2.05) is 20.8 Å². The molecule has 1 aliphatic heterocycles. The van der Waals surface area contributed by atoms with E-state index in [0.29, 0.717) is 23.4 Å². The van der Waals surface area contributed by atoms with Gasteiger partial charge in [-0.2, -0.15) is 5.26 Å². The van der Waals surface area contributed by atoms with Crippen LogP contribution in [0, 0.1) is 11.3 Å². The monoisotopic (exact) mass is 377 g/mol. The Kier molecular flexibility index (Phi) is 5.65. The van der Waals surface area contributed by atoms with Crippen molar-refractivity contribution in [3.63, 3.8) is 0 Å². The smallest absolute Gasteiger partial charge is 0.254 e. The number of amides is 2. The lowest BCUT2D eigenvalue weighted by atomic mass is 10.1. The number of benzene rings is 2. The SMILES string of the molecule is CC(C)Oc1ccc(C(=O)N2CC(=O)N(c3ccc(C#N)cc3)CC2C)cc1. The molecule has 28 heavy (non-hydrogen) atoms. The molecule has 144 valence electrons. The maximum Gasteiger partial charge on any atom is 0.254 e. The molecule has 2 aromatic carbocycles. The molecule has 1 heterocycles. The number of hydrogen-bond acceptors (Lipinski definition) is 4. The largest absolute Gasteiger partial charge is 0.491 e. The normalized spacial score (nSPS) is 16.8. The van der Waals surface area contributed by atoms with E-state index in [9.17, 15) is 9.59 Å². The van der Waals surface area contributed by atoms with Crippen LogP contribution in [0.3, 0.4) is 0 Å². The van der Waals surface area contributed by atoms with Gasteiger partial charge in [0.05, 0.1) is 17.7 Å². The summed E-state index contributed by atoms with van der Waals surface area (Å²) in [6.07, 6.45) is 0.0643. The van der Waals surface area contributed by atoms with Gasteiger partial charge in [-0.15, -0.1) is 0 Å². The van der Waals surface area contributed by atoms with Crippen LogP contribution in [-0.4, -0.2) is 41.9 Å². The second-order valence-corrected chi connectivity index (χ2v) is 7.14. The average molecular weight is 377 g/mol. The van der Waals surface area contributed by atoms with Gasteiger partial charge in [-0.3, -0.25) is 9.59 Å². The van der Waals surface area contributed by atoms with Crippen LogP contribution < -0.4 is 9.64 Å². The molecular formula is C22H23N3O3. The van der Waals surface area contributed by atoms with Crippen molar-refractivity contribution in [2.45, 2.75) is 32.9 Å². The highest BCUT2D eigenvalue weighted by Gasteiger charge is 2.33. The minimum Gasteiger partial charge on any atom is -0.491 e. The van der Waals surface area contributed by atoms with Gasteiger partial charge in [0.25, 0.3) is 5.91 Å². The van der Waals surface area contributed by atoms with E-state index in [1.54, 1.807) is 58.3 Å². The summed E-state index contributed by atoms with van der Waals surface area (Å²) in [5, 5.41) is 8.91. The Morgan fingerprint density at radius 1 is 1.14 bits per heavy atom. The summed E-state index contributed by atoms with van der Waals surface area (Å²) in [5.74, 6) is 0.397. The molecule has 0 aliphatic carbocycles. The van der Waals surface area contributed by atoms with Gasteiger partial charge in [0.2, 0.25) is 5.91 Å². The van der Waals surface area contributed by atoms with Crippen LogP contribution in [0.1, 0.15) is 36.7 Å². The summed E-state index contributed by atoms with van der Waals surface area (Å²) >= 11 is 0. The molecule has 2 amide bonds. The van der Waals surface area contributed by atoms with Crippen LogP contribution >= 0.6 is 0 Å². The van der Waals surface area contributed by atoms with E-state index in [0.717, 1.165) is 5.69 Å². The highest BCUT2D eigenvalue weighted by Crippen LogP contribution is 2.23. The minimum atomic E-state index is -0.170. The number of carbonyl (C=O) groups excluding carboxylic acids is 2. The molecule has 0 spiro atoms. The van der Waals surface area contributed by atoms with Gasteiger partial charge in [0.1, 0.15) is 12.3 Å². The molecule has 1 fully saturated rings. The molecule has 0 radical (unpaired) electrons. The molecule has 0 saturated carbocycles. The number of nitrogens with zero attached hydrogens (tertiary/aromatic N) is 3. The van der Waals surface area contributed by atoms with Crippen LogP contribution in [0.25, 0.3) is 0 Å². The lowest BCUT2D eigenvalue weighted by Crippen LogP contribution is -2.57. The van der Waals surface area contributed by atoms with E-state index in [1.165, 1.54) is 0 Å². The Labute approximate surface area is 164 Å². The Bertz CT molecular complexity index is 898. The van der Waals surface area contributed by atoms with Crippen LogP contribution in [0.5, 0.6) is 5.75 Å². The van der Waals surface area contributed by atoms with Gasteiger partial charge in [-0.05, 0) is 69.3 Å². The maximum atomic E-state index is 12.9. The van der Waals surface area contributed by atoms with Crippen LogP contribution in [0.2, 0.25) is 0 Å². The third kappa shape index (κ3) is 4.15. The second kappa shape index (κ2) is 8.13. The lowest BCUT2D eigenvalue weighted by molar-refractivity contribution is -0.121. The second-order valence-electron chi connectivity index (χ2n) is 7.14. The zero-order chi connectivity index (χ0) is 20.3. The third-order valence-corrected chi connectivity index (χ3v) is 4.63. The maximum absolute atomic E-state index is 12.9. The first-order chi connectivity index (χ1) is 13.4. The molecule has 0 bridgehead atoms. The van der Waals surface area contributed by atoms with Crippen molar-refractivity contribution in [2.24, 2.45) is 0 Å². The van der Waals surface area contributed by atoms with Crippen molar-refractivity contribution in [2.75, 3.05) is 18.0 Å². The number of nitriles is 1. The first kappa shape index (κ1) is 19.4. The minimum absolute atomic E-state index is 0.0181. The Morgan fingerprint density at radius 2 is 1.79 bits per heavy atom. The number of hydrogen-bond donors (Lipinski definition) is 0. The number of rotatable bonds is 4. The summed E-state index contributed by atoms with van der Waals surface area (Å²) in [4.78, 5) is 28.8. The molecule has 6 heteroatoms. The standard InChI is InChI=1S/C22H23N3O3/c1-15(2)28-20-10-6-18(7-11-20)22(27)24-14-21(26)25(13-16(24)3)19-8-4-17(12-23)5-9-19/h4-11,15-16H,13-14H2,1-3H3. The van der Waals surface area contributed by atoms with E-state index >= 15 is 0 Å². The lowest BCUT2D eigenvalue weighted by Gasteiger charge is -2.39. The van der Waals surface area contributed by atoms with Gasteiger partial charge in [-0.25, -0.2) is 0 Å². The van der Waals surface area contributed by atoms with Crippen molar-refractivity contribution in [3.8, 4) is 11.8 Å². The zero-order valence-electron chi connectivity index (χ0n) is 16.3. The Morgan fingerprint density at radius 3 is 2.36 bits per heavy atom. The molecule has 1 unspecified atom stereocenters. The quantitative estimate of drug-likeness (QED) is 0.820. The van der Waals surface area contributed by atoms with Crippen molar-refractivity contribution >= 4 is 17.5 Å². The van der Waals surface area contributed by atoms with Crippen LogP contribution in [0.4, 0.5) is 5.69 Å². The molecule has 6 nitrogen and oxygen atoms in total. The van der Waals surface area contributed by atoms with E-state index in [-0.39, 0.29) is 30.5 Å². The molecule has 1 aliphatic rings. The predicted octanol–water partition coefficient (Wildman–Crippen LogP) is 3.22. The number of piperazine rings is 1. The molecule has 1 atom stereocenters. The topological polar surface area (TPSA) is 73.6 Å². The van der Waals surface area contributed by atoms with Crippen LogP contribution in [-0.2, 0) is 4.79 Å². The molecule has 3 rings (SSSR count). The molecule has 2 aromatic rings. The van der Waals surface area contributed by atoms with E-state index in [4.69, 9.17) is 10.00 Å². The molecule has 0 aromatic heterocycles. The highest BCUT2D eigenvalue weighted by atomic mass is 16.5. The fourth-order valence-electron chi connectivity index (χ4n) is 3.20. The van der Waals surface area contributed by atoms with Gasteiger partial charge in [-0.1, -0.05) is 0 Å². The summed E-state index contributed by atoms with van der Waals surface area (Å²) < 4.78 is 5.61. The van der Waals surface area contributed by atoms with Crippen molar-refractivity contribution < 1.29 is 14.3 Å². The Hall–Kier alpha value is -3.33. The third-order valence-electron chi connectivity index (χ3n) is 4.63. The van der Waals surface area contributed by atoms with Crippen LogP contribution in [0.15, 0.2) is 48.5 Å². The summed E-state index contributed by atoms with van der Waals surface area (Å²) in [7, 11) is 0. The van der Waals surface area contributed by atoms with E-state index in [2.05, 4.69) is 6.07 Å². The molecule has 1 saturated heterocycles. The Balaban J connectivity index is 1.72. The van der Waals surface area contributed by atoms with Gasteiger partial charge < -0.3 is 14.5 Å². The summed E-state index contributed by atoms with van der Waals surface area (Å²) in [6, 6.07) is 15.8. The van der Waals surface area contributed by atoms with Gasteiger partial charge >= 0.3 is 0 Å². The van der Waals surface area contributed by atoms with Crippen molar-refractivity contribution in [1.82, 2.24) is 4.90 Å². The number of carbonyl (C=O) groups is 2.